The minimum atomic E-state index is -0.0392. The first-order valence-corrected chi connectivity index (χ1v) is 13.3. The molecule has 0 heterocycles. The van der Waals surface area contributed by atoms with Crippen molar-refractivity contribution in [3.8, 4) is 5.75 Å². The summed E-state index contributed by atoms with van der Waals surface area (Å²) in [6.07, 6.45) is 15.9. The molecule has 0 aromatic heterocycles. The lowest BCUT2D eigenvalue weighted by molar-refractivity contribution is -0.121. The molecule has 0 bridgehead atoms. The summed E-state index contributed by atoms with van der Waals surface area (Å²) in [7, 11) is 1.74. The zero-order valence-corrected chi connectivity index (χ0v) is 21.7. The maximum Gasteiger partial charge on any atom is 0.220 e. The standard InChI is InChI=1S/C30H47NO2/c1-5-6-7-8-9-10-11-12-13-14-15-20-28(32)31-24-30(2,3)23-26-22-21-25-18-16-17-19-27(25)29(26)33-4/h16-19,21-22H,5-15,20,23-24H2,1-4H3,(H,31,32). The normalized spacial score (nSPS) is 11.6. The van der Waals surface area contributed by atoms with Gasteiger partial charge in [-0.3, -0.25) is 4.79 Å². The van der Waals surface area contributed by atoms with Gasteiger partial charge in [0.2, 0.25) is 5.91 Å². The molecule has 0 aliphatic rings. The molecule has 0 aliphatic carbocycles. The fourth-order valence-corrected chi connectivity index (χ4v) is 4.62. The molecule has 2 aromatic rings. The van der Waals surface area contributed by atoms with Crippen LogP contribution in [0.3, 0.4) is 0 Å². The van der Waals surface area contributed by atoms with Gasteiger partial charge in [-0.15, -0.1) is 0 Å². The van der Waals surface area contributed by atoms with Crippen LogP contribution < -0.4 is 10.1 Å². The maximum atomic E-state index is 12.4. The minimum absolute atomic E-state index is 0.0392. The van der Waals surface area contributed by atoms with E-state index >= 15 is 0 Å². The van der Waals surface area contributed by atoms with Crippen LogP contribution in [0.1, 0.15) is 103 Å². The molecule has 0 radical (unpaired) electrons. The van der Waals surface area contributed by atoms with Crippen LogP contribution in [0.4, 0.5) is 0 Å². The lowest BCUT2D eigenvalue weighted by Gasteiger charge is -2.26. The average molecular weight is 454 g/mol. The Morgan fingerprint density at radius 2 is 1.45 bits per heavy atom. The zero-order chi connectivity index (χ0) is 23.9. The zero-order valence-electron chi connectivity index (χ0n) is 21.7. The molecule has 0 atom stereocenters. The lowest BCUT2D eigenvalue weighted by Crippen LogP contribution is -2.35. The number of hydrogen-bond donors (Lipinski definition) is 1. The van der Waals surface area contributed by atoms with Crippen LogP contribution in [0.5, 0.6) is 5.75 Å². The van der Waals surface area contributed by atoms with Gasteiger partial charge in [0.25, 0.3) is 0 Å². The Balaban J connectivity index is 1.64. The van der Waals surface area contributed by atoms with E-state index in [0.717, 1.165) is 24.0 Å². The largest absolute Gasteiger partial charge is 0.496 e. The second kappa shape index (κ2) is 15.0. The summed E-state index contributed by atoms with van der Waals surface area (Å²) in [4.78, 5) is 12.4. The summed E-state index contributed by atoms with van der Waals surface area (Å²) in [6.45, 7) is 7.37. The van der Waals surface area contributed by atoms with Crippen molar-refractivity contribution < 1.29 is 9.53 Å². The van der Waals surface area contributed by atoms with Crippen molar-refractivity contribution in [2.75, 3.05) is 13.7 Å². The van der Waals surface area contributed by atoms with Crippen molar-refractivity contribution in [3.05, 3.63) is 42.0 Å². The number of hydrogen-bond acceptors (Lipinski definition) is 2. The molecule has 0 saturated carbocycles. The molecule has 0 spiro atoms. The molecule has 0 fully saturated rings. The Hall–Kier alpha value is -2.03. The molecule has 33 heavy (non-hydrogen) atoms. The van der Waals surface area contributed by atoms with Crippen LogP contribution in [-0.2, 0) is 11.2 Å². The Labute approximate surface area is 202 Å². The first-order chi connectivity index (χ1) is 16.0. The first kappa shape index (κ1) is 27.2. The van der Waals surface area contributed by atoms with Gasteiger partial charge in [-0.05, 0) is 29.2 Å². The van der Waals surface area contributed by atoms with Gasteiger partial charge in [-0.1, -0.05) is 121 Å². The maximum absolute atomic E-state index is 12.4. The first-order valence-electron chi connectivity index (χ1n) is 13.3. The van der Waals surface area contributed by atoms with E-state index in [1.165, 1.54) is 75.2 Å². The van der Waals surface area contributed by atoms with Crippen LogP contribution in [0.2, 0.25) is 0 Å². The van der Waals surface area contributed by atoms with E-state index in [0.29, 0.717) is 13.0 Å². The van der Waals surface area contributed by atoms with E-state index in [9.17, 15) is 4.79 Å². The number of fused-ring (bicyclic) bond motifs is 1. The molecule has 0 unspecified atom stereocenters. The molecular weight excluding hydrogens is 406 g/mol. The van der Waals surface area contributed by atoms with E-state index in [4.69, 9.17) is 4.74 Å². The summed E-state index contributed by atoms with van der Waals surface area (Å²) in [5.41, 5.74) is 1.16. The number of unbranched alkanes of at least 4 members (excludes halogenated alkanes) is 10. The number of carbonyl (C=O) groups is 1. The van der Waals surface area contributed by atoms with Crippen LogP contribution >= 0.6 is 0 Å². The number of rotatable bonds is 17. The Morgan fingerprint density at radius 1 is 0.848 bits per heavy atom. The fraction of sp³-hybridized carbons (Fsp3) is 0.633. The van der Waals surface area contributed by atoms with Crippen LogP contribution in [0.15, 0.2) is 36.4 Å². The number of amides is 1. The van der Waals surface area contributed by atoms with Crippen LogP contribution in [0.25, 0.3) is 10.8 Å². The van der Waals surface area contributed by atoms with Crippen molar-refractivity contribution in [3.63, 3.8) is 0 Å². The Kier molecular flexibility index (Phi) is 12.4. The quantitative estimate of drug-likeness (QED) is 0.245. The smallest absolute Gasteiger partial charge is 0.220 e. The van der Waals surface area contributed by atoms with Gasteiger partial charge in [0, 0.05) is 18.4 Å². The Bertz CT molecular complexity index is 827. The summed E-state index contributed by atoms with van der Waals surface area (Å²) < 4.78 is 5.77. The molecule has 3 nitrogen and oxygen atoms in total. The van der Waals surface area contributed by atoms with E-state index < -0.39 is 0 Å². The predicted molar refractivity (Wildman–Crippen MR) is 142 cm³/mol. The SMILES string of the molecule is CCCCCCCCCCCCCC(=O)NCC(C)(C)Cc1ccc2ccccc2c1OC. The van der Waals surface area contributed by atoms with E-state index in [1.54, 1.807) is 7.11 Å². The van der Waals surface area contributed by atoms with Gasteiger partial charge in [0.15, 0.2) is 0 Å². The highest BCUT2D eigenvalue weighted by Crippen LogP contribution is 2.33. The van der Waals surface area contributed by atoms with Gasteiger partial charge in [-0.25, -0.2) is 0 Å². The summed E-state index contributed by atoms with van der Waals surface area (Å²) >= 11 is 0. The van der Waals surface area contributed by atoms with Gasteiger partial charge in [0.1, 0.15) is 5.75 Å². The molecule has 2 rings (SSSR count). The third-order valence-electron chi connectivity index (χ3n) is 6.61. The molecule has 0 aliphatic heterocycles. The van der Waals surface area contributed by atoms with Crippen LogP contribution in [0, 0.1) is 5.41 Å². The third kappa shape index (κ3) is 10.2. The number of nitrogens with one attached hydrogen (secondary N) is 1. The van der Waals surface area contributed by atoms with Crippen LogP contribution in [-0.4, -0.2) is 19.6 Å². The van der Waals surface area contributed by atoms with Crippen molar-refractivity contribution >= 4 is 16.7 Å². The molecule has 1 N–H and O–H groups in total. The van der Waals surface area contributed by atoms with Gasteiger partial charge in [0.05, 0.1) is 7.11 Å². The van der Waals surface area contributed by atoms with Gasteiger partial charge < -0.3 is 10.1 Å². The average Bonchev–Trinajstić information content (AvgIpc) is 2.81. The number of benzene rings is 2. The molecule has 0 saturated heterocycles. The van der Waals surface area contributed by atoms with Crippen molar-refractivity contribution in [1.82, 2.24) is 5.32 Å². The minimum Gasteiger partial charge on any atom is -0.496 e. The molecule has 3 heteroatoms. The highest BCUT2D eigenvalue weighted by Gasteiger charge is 2.22. The molecule has 184 valence electrons. The second-order valence-electron chi connectivity index (χ2n) is 10.4. The second-order valence-corrected chi connectivity index (χ2v) is 10.4. The highest BCUT2D eigenvalue weighted by atomic mass is 16.5. The van der Waals surface area contributed by atoms with Gasteiger partial charge >= 0.3 is 0 Å². The summed E-state index contributed by atoms with van der Waals surface area (Å²) in [6, 6.07) is 12.6. The topological polar surface area (TPSA) is 38.3 Å². The van der Waals surface area contributed by atoms with Crippen molar-refractivity contribution in [2.45, 2.75) is 104 Å². The Morgan fingerprint density at radius 3 is 2.09 bits per heavy atom. The van der Waals surface area contributed by atoms with Crippen molar-refractivity contribution in [2.24, 2.45) is 5.41 Å². The van der Waals surface area contributed by atoms with Crippen molar-refractivity contribution in [1.29, 1.82) is 0 Å². The highest BCUT2D eigenvalue weighted by molar-refractivity contribution is 5.89. The number of ether oxygens (including phenoxy) is 1. The number of carbonyl (C=O) groups excluding carboxylic acids is 1. The lowest BCUT2D eigenvalue weighted by atomic mass is 9.84. The third-order valence-corrected chi connectivity index (χ3v) is 6.61. The van der Waals surface area contributed by atoms with E-state index in [-0.39, 0.29) is 11.3 Å². The molecule has 2 aromatic carbocycles. The molecular formula is C30H47NO2. The molecule has 1 amide bonds. The number of methoxy groups -OCH3 is 1. The monoisotopic (exact) mass is 453 g/mol. The summed E-state index contributed by atoms with van der Waals surface area (Å²) in [5, 5.41) is 5.51. The van der Waals surface area contributed by atoms with Gasteiger partial charge in [-0.2, -0.15) is 0 Å². The fourth-order valence-electron chi connectivity index (χ4n) is 4.62. The van der Waals surface area contributed by atoms with E-state index in [1.807, 2.05) is 0 Å². The summed E-state index contributed by atoms with van der Waals surface area (Å²) in [5.74, 6) is 1.14. The predicted octanol–water partition coefficient (Wildman–Crippen LogP) is 8.23. The van der Waals surface area contributed by atoms with E-state index in [2.05, 4.69) is 62.5 Å².